The Morgan fingerprint density at radius 1 is 1.16 bits per heavy atom. The molecule has 3 heterocycles. The van der Waals surface area contributed by atoms with Gasteiger partial charge in [-0.2, -0.15) is 0 Å². The van der Waals surface area contributed by atoms with Gasteiger partial charge >= 0.3 is 0 Å². The molecule has 0 saturated carbocycles. The van der Waals surface area contributed by atoms with Crippen LogP contribution in [0, 0.1) is 13.8 Å². The molecule has 2 aromatic heterocycles. The minimum absolute atomic E-state index is 0.607. The van der Waals surface area contributed by atoms with E-state index in [2.05, 4.69) is 57.0 Å². The predicted octanol–water partition coefficient (Wildman–Crippen LogP) is 6.34. The summed E-state index contributed by atoms with van der Waals surface area (Å²) in [5.41, 5.74) is 6.20. The van der Waals surface area contributed by atoms with Gasteiger partial charge in [-0.05, 0) is 49.9 Å². The fraction of sp³-hybridized carbons (Fsp3) is 0.240. The number of hydrogen-bond acceptors (Lipinski definition) is 6. The van der Waals surface area contributed by atoms with Crippen molar-refractivity contribution in [3.8, 4) is 11.3 Å². The van der Waals surface area contributed by atoms with Crippen LogP contribution in [0.5, 0.6) is 0 Å². The van der Waals surface area contributed by atoms with Gasteiger partial charge in [-0.25, -0.2) is 4.98 Å². The minimum atomic E-state index is 0.607. The van der Waals surface area contributed by atoms with Gasteiger partial charge in [0.1, 0.15) is 5.82 Å². The molecule has 0 fully saturated rings. The van der Waals surface area contributed by atoms with Crippen LogP contribution in [-0.4, -0.2) is 35.7 Å². The number of anilines is 2. The number of para-hydroxylation sites is 1. The van der Waals surface area contributed by atoms with Crippen LogP contribution in [0.15, 0.2) is 70.5 Å². The number of aliphatic imine (C=N–C) groups is 1. The summed E-state index contributed by atoms with van der Waals surface area (Å²) in [6.45, 7) is 9.46. The van der Waals surface area contributed by atoms with Crippen LogP contribution in [0.2, 0.25) is 5.02 Å². The Kier molecular flexibility index (Phi) is 7.12. The molecule has 1 aliphatic heterocycles. The van der Waals surface area contributed by atoms with Crippen LogP contribution < -0.4 is 10.2 Å². The maximum atomic E-state index is 6.52. The lowest BCUT2D eigenvalue weighted by Crippen LogP contribution is -2.31. The van der Waals surface area contributed by atoms with Crippen LogP contribution in [0.3, 0.4) is 0 Å². The van der Waals surface area contributed by atoms with Crippen molar-refractivity contribution in [2.45, 2.75) is 20.3 Å². The molecule has 1 aromatic carbocycles. The first-order valence-electron chi connectivity index (χ1n) is 10.5. The third-order valence-electron chi connectivity index (χ3n) is 5.40. The fourth-order valence-corrected chi connectivity index (χ4v) is 4.94. The van der Waals surface area contributed by atoms with E-state index in [1.54, 1.807) is 18.0 Å². The summed E-state index contributed by atoms with van der Waals surface area (Å²) in [6.07, 6.45) is 4.43. The van der Waals surface area contributed by atoms with Crippen molar-refractivity contribution in [2.75, 3.05) is 29.2 Å². The Labute approximate surface area is 198 Å². The molecule has 3 aromatic rings. The van der Waals surface area contributed by atoms with Crippen LogP contribution in [0.1, 0.15) is 17.5 Å². The van der Waals surface area contributed by atoms with Crippen LogP contribution in [-0.2, 0) is 0 Å². The molecule has 1 aliphatic rings. The second-order valence-corrected chi connectivity index (χ2v) is 9.21. The number of aryl methyl sites for hydroxylation is 2. The highest BCUT2D eigenvalue weighted by atomic mass is 35.5. The summed E-state index contributed by atoms with van der Waals surface area (Å²) < 4.78 is 0. The quantitative estimate of drug-likeness (QED) is 0.327. The second kappa shape index (κ2) is 10.2. The van der Waals surface area contributed by atoms with Crippen molar-refractivity contribution < 1.29 is 0 Å². The Morgan fingerprint density at radius 2 is 1.97 bits per heavy atom. The van der Waals surface area contributed by atoms with Gasteiger partial charge in [0.2, 0.25) is 0 Å². The maximum Gasteiger partial charge on any atom is 0.129 e. The van der Waals surface area contributed by atoms with E-state index in [9.17, 15) is 0 Å². The molecule has 0 aliphatic carbocycles. The molecule has 0 unspecified atom stereocenters. The third-order valence-corrected chi connectivity index (χ3v) is 6.70. The number of nitrogens with zero attached hydrogens (tertiary/aromatic N) is 4. The molecule has 0 amide bonds. The molecule has 0 radical (unpaired) electrons. The number of rotatable bonds is 7. The molecule has 0 atom stereocenters. The number of thioether (sulfide) groups is 1. The number of hydrogen-bond donors (Lipinski definition) is 1. The predicted molar refractivity (Wildman–Crippen MR) is 138 cm³/mol. The first-order chi connectivity index (χ1) is 15.5. The molecule has 0 saturated heterocycles. The van der Waals surface area contributed by atoms with E-state index in [1.807, 2.05) is 37.4 Å². The van der Waals surface area contributed by atoms with E-state index in [-0.39, 0.29) is 0 Å². The van der Waals surface area contributed by atoms with E-state index < -0.39 is 0 Å². The topological polar surface area (TPSA) is 53.4 Å². The highest BCUT2D eigenvalue weighted by Crippen LogP contribution is 2.34. The van der Waals surface area contributed by atoms with E-state index in [1.165, 1.54) is 4.91 Å². The Hall–Kier alpha value is -2.83. The van der Waals surface area contributed by atoms with Crippen molar-refractivity contribution in [2.24, 2.45) is 4.99 Å². The largest absolute Gasteiger partial charge is 0.376 e. The molecule has 1 N–H and O–H groups in total. The van der Waals surface area contributed by atoms with Gasteiger partial charge in [0, 0.05) is 41.5 Å². The zero-order valence-electron chi connectivity index (χ0n) is 18.3. The molecule has 0 spiro atoms. The fourth-order valence-electron chi connectivity index (χ4n) is 3.76. The Bertz CT molecular complexity index is 1150. The molecule has 7 heteroatoms. The van der Waals surface area contributed by atoms with Gasteiger partial charge < -0.3 is 10.2 Å². The minimum Gasteiger partial charge on any atom is -0.376 e. The highest BCUT2D eigenvalue weighted by Gasteiger charge is 2.21. The lowest BCUT2D eigenvalue weighted by atomic mass is 10.1. The number of nitrogens with one attached hydrogen (secondary N) is 1. The highest BCUT2D eigenvalue weighted by molar-refractivity contribution is 8.03. The van der Waals surface area contributed by atoms with Crippen molar-refractivity contribution in [1.82, 2.24) is 9.97 Å². The number of pyridine rings is 2. The number of aromatic nitrogens is 2. The SMILES string of the molecule is C=NC1=C(SCNc2ccccc2)CN(c2cc(-c3ncc(C)cc3C)c(Cl)cn2)CC1. The van der Waals surface area contributed by atoms with Gasteiger partial charge in [0.25, 0.3) is 0 Å². The van der Waals surface area contributed by atoms with Gasteiger partial charge in [-0.15, -0.1) is 11.8 Å². The van der Waals surface area contributed by atoms with Crippen molar-refractivity contribution >= 4 is 41.6 Å². The summed E-state index contributed by atoms with van der Waals surface area (Å²) in [5.74, 6) is 1.65. The molecular weight excluding hydrogens is 438 g/mol. The van der Waals surface area contributed by atoms with Gasteiger partial charge in [-0.1, -0.05) is 35.9 Å². The van der Waals surface area contributed by atoms with Gasteiger partial charge in [0.05, 0.1) is 28.8 Å². The lowest BCUT2D eigenvalue weighted by molar-refractivity contribution is 0.764. The van der Waals surface area contributed by atoms with E-state index in [0.29, 0.717) is 5.02 Å². The summed E-state index contributed by atoms with van der Waals surface area (Å²) in [7, 11) is 0. The van der Waals surface area contributed by atoms with E-state index >= 15 is 0 Å². The zero-order valence-corrected chi connectivity index (χ0v) is 19.9. The average Bonchev–Trinajstić information content (AvgIpc) is 2.80. The summed E-state index contributed by atoms with van der Waals surface area (Å²) in [4.78, 5) is 17.0. The molecule has 0 bridgehead atoms. The number of benzene rings is 1. The number of halogens is 1. The average molecular weight is 464 g/mol. The zero-order chi connectivity index (χ0) is 22.5. The van der Waals surface area contributed by atoms with Crippen LogP contribution >= 0.6 is 23.4 Å². The normalized spacial score (nSPS) is 13.9. The summed E-state index contributed by atoms with van der Waals surface area (Å²) in [6, 6.07) is 14.4. The van der Waals surface area contributed by atoms with Crippen LogP contribution in [0.25, 0.3) is 11.3 Å². The first kappa shape index (κ1) is 22.4. The molecule has 32 heavy (non-hydrogen) atoms. The smallest absolute Gasteiger partial charge is 0.129 e. The monoisotopic (exact) mass is 463 g/mol. The third kappa shape index (κ3) is 5.14. The van der Waals surface area contributed by atoms with Gasteiger partial charge in [-0.3, -0.25) is 9.98 Å². The van der Waals surface area contributed by atoms with E-state index in [0.717, 1.165) is 65.0 Å². The second-order valence-electron chi connectivity index (χ2n) is 7.73. The van der Waals surface area contributed by atoms with Crippen LogP contribution in [0.4, 0.5) is 11.5 Å². The standard InChI is InChI=1S/C25H26ClN5S/c1-17-11-18(2)25(29-13-17)20-12-24(28-14-21(20)26)31-10-9-22(27-3)23(15-31)32-16-30-19-7-5-4-6-8-19/h4-8,11-14,30H,3,9-10,15-16H2,1-2H3. The summed E-state index contributed by atoms with van der Waals surface area (Å²) in [5, 5.41) is 4.05. The maximum absolute atomic E-state index is 6.52. The molecule has 5 nitrogen and oxygen atoms in total. The lowest BCUT2D eigenvalue weighted by Gasteiger charge is -2.30. The first-order valence-corrected chi connectivity index (χ1v) is 11.9. The Morgan fingerprint density at radius 3 is 2.72 bits per heavy atom. The Balaban J connectivity index is 1.52. The summed E-state index contributed by atoms with van der Waals surface area (Å²) >= 11 is 8.27. The van der Waals surface area contributed by atoms with E-state index in [4.69, 9.17) is 11.6 Å². The van der Waals surface area contributed by atoms with Crippen molar-refractivity contribution in [3.05, 3.63) is 81.6 Å². The van der Waals surface area contributed by atoms with Crippen molar-refractivity contribution in [1.29, 1.82) is 0 Å². The van der Waals surface area contributed by atoms with Gasteiger partial charge in [0.15, 0.2) is 0 Å². The van der Waals surface area contributed by atoms with Crippen molar-refractivity contribution in [3.63, 3.8) is 0 Å². The molecular formula is C25H26ClN5S. The molecule has 164 valence electrons. The molecule has 4 rings (SSSR count).